The van der Waals surface area contributed by atoms with E-state index in [1.54, 1.807) is 0 Å². The van der Waals surface area contributed by atoms with Crippen molar-refractivity contribution in [1.82, 2.24) is 0 Å². The van der Waals surface area contributed by atoms with Gasteiger partial charge in [-0.2, -0.15) is 0 Å². The topological polar surface area (TPSA) is 13.1 Å². The molecule has 1 nitrogen and oxygen atoms in total. The van der Waals surface area contributed by atoms with Gasteiger partial charge in [-0.15, -0.1) is 0 Å². The molecule has 1 aromatic heterocycles. The molecule has 0 atom stereocenters. The molecular formula is C17H20O. The minimum atomic E-state index is 0.670. The van der Waals surface area contributed by atoms with Crippen LogP contribution < -0.4 is 0 Å². The van der Waals surface area contributed by atoms with Crippen molar-refractivity contribution in [3.63, 3.8) is 0 Å². The Kier molecular flexibility index (Phi) is 3.49. The Bertz CT molecular complexity index is 477. The molecule has 1 saturated carbocycles. The molecule has 1 aromatic carbocycles. The van der Waals surface area contributed by atoms with Crippen LogP contribution in [0.15, 0.2) is 46.9 Å². The number of hydrogen-bond donors (Lipinski definition) is 0. The highest BCUT2D eigenvalue weighted by Gasteiger charge is 2.18. The maximum Gasteiger partial charge on any atom is 0.108 e. The molecule has 3 rings (SSSR count). The molecule has 0 unspecified atom stereocenters. The maximum absolute atomic E-state index is 6.03. The molecule has 1 heteroatoms. The standard InChI is InChI=1S/C17H20O/c1-3-7-14(8-4-1)13-16-11-12-17(18-16)15-9-5-2-6-10-15/h1,3-4,7-8,11-12,15H,2,5-6,9-10,13H2. The minimum absolute atomic E-state index is 0.670. The van der Waals surface area contributed by atoms with Crippen molar-refractivity contribution >= 4 is 0 Å². The molecule has 0 aliphatic heterocycles. The summed E-state index contributed by atoms with van der Waals surface area (Å²) < 4.78 is 6.03. The van der Waals surface area contributed by atoms with Gasteiger partial charge >= 0.3 is 0 Å². The van der Waals surface area contributed by atoms with Crippen LogP contribution in [-0.4, -0.2) is 0 Å². The van der Waals surface area contributed by atoms with Gasteiger partial charge in [0.1, 0.15) is 11.5 Å². The van der Waals surface area contributed by atoms with E-state index in [9.17, 15) is 0 Å². The molecule has 2 aromatic rings. The van der Waals surface area contributed by atoms with E-state index in [1.165, 1.54) is 43.4 Å². The van der Waals surface area contributed by atoms with Crippen LogP contribution in [0.3, 0.4) is 0 Å². The van der Waals surface area contributed by atoms with Gasteiger partial charge < -0.3 is 4.42 Å². The SMILES string of the molecule is c1ccc(Cc2ccc(C3CCCCC3)o2)cc1. The van der Waals surface area contributed by atoms with Gasteiger partial charge in [-0.05, 0) is 30.5 Å². The summed E-state index contributed by atoms with van der Waals surface area (Å²) in [7, 11) is 0. The number of furan rings is 1. The fourth-order valence-electron chi connectivity index (χ4n) is 2.89. The van der Waals surface area contributed by atoms with Gasteiger partial charge in [-0.3, -0.25) is 0 Å². The van der Waals surface area contributed by atoms with Gasteiger partial charge in [0, 0.05) is 12.3 Å². The van der Waals surface area contributed by atoms with E-state index >= 15 is 0 Å². The van der Waals surface area contributed by atoms with Crippen LogP contribution in [0.2, 0.25) is 0 Å². The second kappa shape index (κ2) is 5.43. The van der Waals surface area contributed by atoms with Crippen molar-refractivity contribution in [1.29, 1.82) is 0 Å². The number of rotatable bonds is 3. The smallest absolute Gasteiger partial charge is 0.108 e. The van der Waals surface area contributed by atoms with Crippen molar-refractivity contribution in [3.05, 3.63) is 59.5 Å². The number of hydrogen-bond acceptors (Lipinski definition) is 1. The second-order valence-electron chi connectivity index (χ2n) is 5.30. The molecule has 0 spiro atoms. The van der Waals surface area contributed by atoms with E-state index in [2.05, 4.69) is 42.5 Å². The van der Waals surface area contributed by atoms with Crippen LogP contribution in [0, 0.1) is 0 Å². The van der Waals surface area contributed by atoms with Gasteiger partial charge in [-0.25, -0.2) is 0 Å². The highest BCUT2D eigenvalue weighted by atomic mass is 16.3. The lowest BCUT2D eigenvalue weighted by Crippen LogP contribution is -2.02. The molecular weight excluding hydrogens is 220 g/mol. The first-order chi connectivity index (χ1) is 8.92. The normalized spacial score (nSPS) is 16.9. The zero-order chi connectivity index (χ0) is 12.2. The van der Waals surface area contributed by atoms with Crippen LogP contribution in [-0.2, 0) is 6.42 Å². The summed E-state index contributed by atoms with van der Waals surface area (Å²) in [5.41, 5.74) is 1.32. The first-order valence-electron chi connectivity index (χ1n) is 7.04. The average molecular weight is 240 g/mol. The van der Waals surface area contributed by atoms with Gasteiger partial charge in [0.25, 0.3) is 0 Å². The zero-order valence-corrected chi connectivity index (χ0v) is 10.8. The van der Waals surface area contributed by atoms with E-state index < -0.39 is 0 Å². The van der Waals surface area contributed by atoms with Crippen molar-refractivity contribution in [3.8, 4) is 0 Å². The molecule has 1 aliphatic rings. The Morgan fingerprint density at radius 3 is 2.44 bits per heavy atom. The Balaban J connectivity index is 1.69. The fraction of sp³-hybridized carbons (Fsp3) is 0.412. The van der Waals surface area contributed by atoms with Crippen LogP contribution in [0.1, 0.15) is 55.1 Å². The largest absolute Gasteiger partial charge is 0.465 e. The van der Waals surface area contributed by atoms with Gasteiger partial charge in [0.2, 0.25) is 0 Å². The summed E-state index contributed by atoms with van der Waals surface area (Å²) in [6.45, 7) is 0. The van der Waals surface area contributed by atoms with Crippen molar-refractivity contribution in [2.45, 2.75) is 44.4 Å². The van der Waals surface area contributed by atoms with Gasteiger partial charge in [0.15, 0.2) is 0 Å². The molecule has 1 fully saturated rings. The molecule has 0 radical (unpaired) electrons. The van der Waals surface area contributed by atoms with Gasteiger partial charge in [0.05, 0.1) is 0 Å². The zero-order valence-electron chi connectivity index (χ0n) is 10.8. The first kappa shape index (κ1) is 11.6. The molecule has 0 N–H and O–H groups in total. The lowest BCUT2D eigenvalue weighted by atomic mass is 9.88. The maximum atomic E-state index is 6.03. The van der Waals surface area contributed by atoms with E-state index in [0.29, 0.717) is 5.92 Å². The summed E-state index contributed by atoms with van der Waals surface area (Å²) in [6.07, 6.45) is 7.64. The molecule has 18 heavy (non-hydrogen) atoms. The highest BCUT2D eigenvalue weighted by molar-refractivity contribution is 5.22. The monoisotopic (exact) mass is 240 g/mol. The number of benzene rings is 1. The Hall–Kier alpha value is -1.50. The summed E-state index contributed by atoms with van der Waals surface area (Å²) in [6, 6.07) is 14.9. The lowest BCUT2D eigenvalue weighted by Gasteiger charge is -2.19. The van der Waals surface area contributed by atoms with Crippen LogP contribution in [0.5, 0.6) is 0 Å². The van der Waals surface area contributed by atoms with E-state index in [1.807, 2.05) is 0 Å². The van der Waals surface area contributed by atoms with Crippen LogP contribution in [0.4, 0.5) is 0 Å². The highest BCUT2D eigenvalue weighted by Crippen LogP contribution is 2.33. The van der Waals surface area contributed by atoms with Gasteiger partial charge in [-0.1, -0.05) is 49.6 Å². The molecule has 94 valence electrons. The third kappa shape index (κ3) is 2.66. The summed E-state index contributed by atoms with van der Waals surface area (Å²) in [5.74, 6) is 2.98. The third-order valence-corrected chi connectivity index (χ3v) is 3.91. The molecule has 0 saturated heterocycles. The Morgan fingerprint density at radius 2 is 1.67 bits per heavy atom. The third-order valence-electron chi connectivity index (χ3n) is 3.91. The molecule has 1 aliphatic carbocycles. The van der Waals surface area contributed by atoms with E-state index in [0.717, 1.165) is 12.2 Å². The summed E-state index contributed by atoms with van der Waals surface area (Å²) in [4.78, 5) is 0. The second-order valence-corrected chi connectivity index (χ2v) is 5.30. The average Bonchev–Trinajstić information content (AvgIpc) is 2.89. The van der Waals surface area contributed by atoms with Crippen LogP contribution in [0.25, 0.3) is 0 Å². The predicted molar refractivity (Wildman–Crippen MR) is 73.8 cm³/mol. The van der Waals surface area contributed by atoms with Crippen molar-refractivity contribution in [2.75, 3.05) is 0 Å². The molecule has 0 amide bonds. The van der Waals surface area contributed by atoms with Crippen molar-refractivity contribution in [2.24, 2.45) is 0 Å². The van der Waals surface area contributed by atoms with Crippen molar-refractivity contribution < 1.29 is 4.42 Å². The Morgan fingerprint density at radius 1 is 0.889 bits per heavy atom. The molecule has 1 heterocycles. The lowest BCUT2D eigenvalue weighted by molar-refractivity contribution is 0.364. The van der Waals surface area contributed by atoms with Crippen LogP contribution >= 0.6 is 0 Å². The summed E-state index contributed by atoms with van der Waals surface area (Å²) >= 11 is 0. The minimum Gasteiger partial charge on any atom is -0.465 e. The predicted octanol–water partition coefficient (Wildman–Crippen LogP) is 4.92. The van der Waals surface area contributed by atoms with E-state index in [-0.39, 0.29) is 0 Å². The molecule has 0 bridgehead atoms. The quantitative estimate of drug-likeness (QED) is 0.742. The summed E-state index contributed by atoms with van der Waals surface area (Å²) in [5, 5.41) is 0. The first-order valence-corrected chi connectivity index (χ1v) is 7.04. The van der Waals surface area contributed by atoms with E-state index in [4.69, 9.17) is 4.42 Å². The fourth-order valence-corrected chi connectivity index (χ4v) is 2.89. The Labute approximate surface area is 109 Å².